The molecule has 3 rings (SSSR count). The van der Waals surface area contributed by atoms with Crippen LogP contribution in [0.3, 0.4) is 0 Å². The van der Waals surface area contributed by atoms with Crippen molar-refractivity contribution in [3.8, 4) is 17.2 Å². The van der Waals surface area contributed by atoms with Gasteiger partial charge in [-0.15, -0.1) is 0 Å². The molecule has 0 aromatic heterocycles. The highest BCUT2D eigenvalue weighted by atomic mass is 32.2. The highest BCUT2D eigenvalue weighted by Gasteiger charge is 2.34. The Kier molecular flexibility index (Phi) is 7.86. The predicted octanol–water partition coefficient (Wildman–Crippen LogP) is 3.31. The van der Waals surface area contributed by atoms with Gasteiger partial charge in [0.1, 0.15) is 22.1 Å². The van der Waals surface area contributed by atoms with Crippen LogP contribution in [0.4, 0.5) is 0 Å². The fourth-order valence-corrected chi connectivity index (χ4v) is 6.10. The van der Waals surface area contributed by atoms with Gasteiger partial charge < -0.3 is 19.5 Å². The van der Waals surface area contributed by atoms with Crippen LogP contribution in [0.15, 0.2) is 41.3 Å². The average molecular weight is 477 g/mol. The van der Waals surface area contributed by atoms with E-state index in [1.807, 2.05) is 13.8 Å². The van der Waals surface area contributed by atoms with Gasteiger partial charge in [-0.3, -0.25) is 4.79 Å². The highest BCUT2D eigenvalue weighted by Crippen LogP contribution is 2.32. The second-order valence-electron chi connectivity index (χ2n) is 8.49. The van der Waals surface area contributed by atoms with Crippen molar-refractivity contribution in [2.24, 2.45) is 11.8 Å². The average Bonchev–Trinajstić information content (AvgIpc) is 2.81. The molecule has 1 aliphatic heterocycles. The Morgan fingerprint density at radius 3 is 2.24 bits per heavy atom. The number of rotatable bonds is 8. The Morgan fingerprint density at radius 2 is 1.64 bits per heavy atom. The van der Waals surface area contributed by atoms with E-state index in [0.717, 1.165) is 12.0 Å². The number of carbonyl (C=O) groups is 1. The van der Waals surface area contributed by atoms with Gasteiger partial charge in [0.2, 0.25) is 10.0 Å². The summed E-state index contributed by atoms with van der Waals surface area (Å²) in [5.74, 6) is 1.58. The first-order valence-corrected chi connectivity index (χ1v) is 12.3. The van der Waals surface area contributed by atoms with Crippen molar-refractivity contribution in [2.75, 3.05) is 34.4 Å². The zero-order chi connectivity index (χ0) is 24.2. The topological polar surface area (TPSA) is 94.2 Å². The molecule has 2 aromatic rings. The van der Waals surface area contributed by atoms with Crippen LogP contribution in [0, 0.1) is 11.8 Å². The Bertz CT molecular complexity index is 1090. The lowest BCUT2D eigenvalue weighted by Crippen LogP contribution is -2.42. The van der Waals surface area contributed by atoms with Gasteiger partial charge in [0.15, 0.2) is 0 Å². The summed E-state index contributed by atoms with van der Waals surface area (Å²) >= 11 is 0. The number of piperidine rings is 1. The van der Waals surface area contributed by atoms with Crippen LogP contribution >= 0.6 is 0 Å². The third-order valence-corrected chi connectivity index (χ3v) is 7.67. The van der Waals surface area contributed by atoms with Crippen molar-refractivity contribution < 1.29 is 27.4 Å². The second kappa shape index (κ2) is 10.4. The lowest BCUT2D eigenvalue weighted by atomic mass is 9.94. The summed E-state index contributed by atoms with van der Waals surface area (Å²) in [6, 6.07) is 9.79. The molecule has 0 radical (unpaired) electrons. The molecule has 1 fully saturated rings. The summed E-state index contributed by atoms with van der Waals surface area (Å²) in [5, 5.41) is 2.83. The number of hydrogen-bond donors (Lipinski definition) is 1. The number of methoxy groups -OCH3 is 3. The molecule has 0 bridgehead atoms. The van der Waals surface area contributed by atoms with Crippen molar-refractivity contribution in [1.29, 1.82) is 0 Å². The van der Waals surface area contributed by atoms with Gasteiger partial charge in [-0.25, -0.2) is 8.42 Å². The predicted molar refractivity (Wildman–Crippen MR) is 125 cm³/mol. The molecule has 1 aliphatic rings. The van der Waals surface area contributed by atoms with Crippen molar-refractivity contribution >= 4 is 15.9 Å². The van der Waals surface area contributed by atoms with Gasteiger partial charge in [-0.2, -0.15) is 4.31 Å². The summed E-state index contributed by atoms with van der Waals surface area (Å²) in [6.45, 7) is 5.20. The first-order valence-electron chi connectivity index (χ1n) is 10.9. The van der Waals surface area contributed by atoms with Crippen LogP contribution in [0.5, 0.6) is 17.2 Å². The number of ether oxygens (including phenoxy) is 3. The number of benzene rings is 2. The molecule has 1 heterocycles. The van der Waals surface area contributed by atoms with Crippen LogP contribution in [-0.4, -0.2) is 53.0 Å². The van der Waals surface area contributed by atoms with E-state index in [-0.39, 0.29) is 34.6 Å². The quantitative estimate of drug-likeness (QED) is 0.628. The molecule has 9 heteroatoms. The fourth-order valence-electron chi connectivity index (χ4n) is 4.24. The summed E-state index contributed by atoms with van der Waals surface area (Å²) in [5.41, 5.74) is 1.00. The molecular formula is C24H32N2O6S. The molecule has 2 aromatic carbocycles. The van der Waals surface area contributed by atoms with E-state index in [9.17, 15) is 13.2 Å². The van der Waals surface area contributed by atoms with Gasteiger partial charge in [-0.05, 0) is 48.6 Å². The third kappa shape index (κ3) is 5.59. The van der Waals surface area contributed by atoms with Crippen LogP contribution in [0.1, 0.15) is 36.2 Å². The molecule has 8 nitrogen and oxygen atoms in total. The Labute approximate surface area is 195 Å². The van der Waals surface area contributed by atoms with Crippen LogP contribution in [-0.2, 0) is 16.6 Å². The third-order valence-electron chi connectivity index (χ3n) is 5.81. The van der Waals surface area contributed by atoms with Gasteiger partial charge in [0, 0.05) is 36.8 Å². The zero-order valence-corrected chi connectivity index (χ0v) is 20.6. The number of nitrogens with zero attached hydrogens (tertiary/aromatic N) is 1. The fraction of sp³-hybridized carbons (Fsp3) is 0.458. The minimum Gasteiger partial charge on any atom is -0.497 e. The normalized spacial score (nSPS) is 19.1. The second-order valence-corrected chi connectivity index (χ2v) is 10.4. The minimum atomic E-state index is -3.82. The monoisotopic (exact) mass is 476 g/mol. The molecule has 1 N–H and O–H groups in total. The van der Waals surface area contributed by atoms with Crippen LogP contribution in [0.25, 0.3) is 0 Å². The van der Waals surface area contributed by atoms with Crippen molar-refractivity contribution in [3.63, 3.8) is 0 Å². The van der Waals surface area contributed by atoms with Crippen molar-refractivity contribution in [2.45, 2.75) is 31.7 Å². The first-order chi connectivity index (χ1) is 15.7. The smallest absolute Gasteiger partial charge is 0.251 e. The summed E-state index contributed by atoms with van der Waals surface area (Å²) < 4.78 is 44.3. The molecular weight excluding hydrogens is 444 g/mol. The van der Waals surface area contributed by atoms with E-state index < -0.39 is 15.9 Å². The lowest BCUT2D eigenvalue weighted by molar-refractivity contribution is 0.0950. The molecule has 0 aliphatic carbocycles. The molecule has 180 valence electrons. The highest BCUT2D eigenvalue weighted by molar-refractivity contribution is 7.89. The lowest BCUT2D eigenvalue weighted by Gasteiger charge is -2.34. The van der Waals surface area contributed by atoms with Gasteiger partial charge in [0.05, 0.1) is 21.3 Å². The van der Waals surface area contributed by atoms with E-state index in [4.69, 9.17) is 14.2 Å². The molecule has 2 unspecified atom stereocenters. The molecule has 1 amide bonds. The number of amides is 1. The number of nitrogens with one attached hydrogen (secondary N) is 1. The summed E-state index contributed by atoms with van der Waals surface area (Å²) in [6.07, 6.45) is 0.987. The Hall–Kier alpha value is -2.78. The maximum atomic E-state index is 13.4. The van der Waals surface area contributed by atoms with Crippen LogP contribution < -0.4 is 19.5 Å². The molecule has 2 atom stereocenters. The zero-order valence-electron chi connectivity index (χ0n) is 19.8. The van der Waals surface area contributed by atoms with Crippen LogP contribution in [0.2, 0.25) is 0 Å². The standard InChI is InChI=1S/C24H32N2O6S/c1-16-10-17(2)15-26(14-16)33(28,29)23-11-18(7-9-21(23)31-4)24(27)25-13-19-6-8-20(30-3)12-22(19)32-5/h6-9,11-12,16-17H,10,13-15H2,1-5H3,(H,25,27). The number of sulfonamides is 1. The van der Waals surface area contributed by atoms with Gasteiger partial charge in [-0.1, -0.05) is 13.8 Å². The maximum absolute atomic E-state index is 13.4. The molecule has 0 saturated carbocycles. The molecule has 33 heavy (non-hydrogen) atoms. The minimum absolute atomic E-state index is 0.000906. The van der Waals surface area contributed by atoms with E-state index in [1.165, 1.54) is 23.5 Å². The van der Waals surface area contributed by atoms with E-state index in [0.29, 0.717) is 24.6 Å². The van der Waals surface area contributed by atoms with E-state index in [1.54, 1.807) is 38.5 Å². The summed E-state index contributed by atoms with van der Waals surface area (Å²) in [4.78, 5) is 12.9. The molecule has 1 saturated heterocycles. The van der Waals surface area contributed by atoms with Crippen molar-refractivity contribution in [1.82, 2.24) is 9.62 Å². The number of carbonyl (C=O) groups excluding carboxylic acids is 1. The first kappa shape index (κ1) is 24.9. The largest absolute Gasteiger partial charge is 0.497 e. The maximum Gasteiger partial charge on any atom is 0.251 e. The Balaban J connectivity index is 1.84. The van der Waals surface area contributed by atoms with Crippen molar-refractivity contribution in [3.05, 3.63) is 47.5 Å². The Morgan fingerprint density at radius 1 is 0.970 bits per heavy atom. The van der Waals surface area contributed by atoms with E-state index in [2.05, 4.69) is 5.32 Å². The summed E-state index contributed by atoms with van der Waals surface area (Å²) in [7, 11) is 0.715. The van der Waals surface area contributed by atoms with E-state index >= 15 is 0 Å². The molecule has 0 spiro atoms. The van der Waals surface area contributed by atoms with Gasteiger partial charge in [0.25, 0.3) is 5.91 Å². The number of hydrogen-bond acceptors (Lipinski definition) is 6. The van der Waals surface area contributed by atoms with Gasteiger partial charge >= 0.3 is 0 Å². The SMILES string of the molecule is COc1ccc(CNC(=O)c2ccc(OC)c(S(=O)(=O)N3CC(C)CC(C)C3)c2)c(OC)c1.